The highest BCUT2D eigenvalue weighted by Crippen LogP contribution is 2.32. The van der Waals surface area contributed by atoms with E-state index in [9.17, 15) is 4.79 Å². The highest BCUT2D eigenvalue weighted by atomic mass is 16.7. The van der Waals surface area contributed by atoms with Gasteiger partial charge in [-0.2, -0.15) is 0 Å². The molecule has 0 spiro atoms. The number of esters is 1. The summed E-state index contributed by atoms with van der Waals surface area (Å²) in [7, 11) is 0. The maximum atomic E-state index is 11.8. The van der Waals surface area contributed by atoms with Gasteiger partial charge in [0.15, 0.2) is 11.5 Å². The molecule has 0 amide bonds. The van der Waals surface area contributed by atoms with Crippen LogP contribution in [0.15, 0.2) is 18.2 Å². The summed E-state index contributed by atoms with van der Waals surface area (Å²) < 4.78 is 15.8. The number of nitrogens with one attached hydrogen (secondary N) is 1. The molecule has 1 aliphatic heterocycles. The number of ether oxygens (including phenoxy) is 3. The third kappa shape index (κ3) is 4.37. The molecule has 1 heterocycles. The number of carbonyl (C=O) groups excluding carboxylic acids is 1. The molecule has 1 N–H and O–H groups in total. The Morgan fingerprint density at radius 3 is 2.73 bits per heavy atom. The van der Waals surface area contributed by atoms with Crippen molar-refractivity contribution in [2.24, 2.45) is 5.41 Å². The van der Waals surface area contributed by atoms with Crippen LogP contribution in [0.1, 0.15) is 39.7 Å². The molecule has 0 aromatic heterocycles. The summed E-state index contributed by atoms with van der Waals surface area (Å²) in [5.41, 5.74) is 1.06. The molecule has 122 valence electrons. The number of rotatable bonds is 6. The van der Waals surface area contributed by atoms with Gasteiger partial charge < -0.3 is 19.5 Å². The fourth-order valence-electron chi connectivity index (χ4n) is 2.36. The lowest BCUT2D eigenvalue weighted by molar-refractivity contribution is -0.144. The van der Waals surface area contributed by atoms with Crippen LogP contribution in [0, 0.1) is 5.41 Å². The number of hydrogen-bond donors (Lipinski definition) is 1. The van der Waals surface area contributed by atoms with Gasteiger partial charge >= 0.3 is 5.97 Å². The molecule has 22 heavy (non-hydrogen) atoms. The Morgan fingerprint density at radius 2 is 2.05 bits per heavy atom. The maximum absolute atomic E-state index is 11.8. The first kappa shape index (κ1) is 16.6. The van der Waals surface area contributed by atoms with E-state index >= 15 is 0 Å². The number of hydrogen-bond acceptors (Lipinski definition) is 5. The van der Waals surface area contributed by atoms with E-state index in [1.807, 2.05) is 25.1 Å². The first-order valence-electron chi connectivity index (χ1n) is 7.67. The number of benzene rings is 1. The molecule has 1 aromatic rings. The van der Waals surface area contributed by atoms with E-state index in [1.54, 1.807) is 0 Å². The lowest BCUT2D eigenvalue weighted by Gasteiger charge is -2.31. The van der Waals surface area contributed by atoms with Gasteiger partial charge in [0.05, 0.1) is 13.0 Å². The smallest absolute Gasteiger partial charge is 0.307 e. The molecule has 0 radical (unpaired) electrons. The van der Waals surface area contributed by atoms with Crippen LogP contribution in [0.5, 0.6) is 11.5 Å². The first-order valence-corrected chi connectivity index (χ1v) is 7.67. The summed E-state index contributed by atoms with van der Waals surface area (Å²) >= 11 is 0. The topological polar surface area (TPSA) is 56.8 Å². The summed E-state index contributed by atoms with van der Waals surface area (Å²) in [6.07, 6.45) is 0.363. The van der Waals surface area contributed by atoms with Crippen molar-refractivity contribution < 1.29 is 19.0 Å². The van der Waals surface area contributed by atoms with Crippen molar-refractivity contribution in [1.82, 2.24) is 5.32 Å². The van der Waals surface area contributed by atoms with Crippen molar-refractivity contribution in [2.75, 3.05) is 13.4 Å². The largest absolute Gasteiger partial charge is 0.466 e. The van der Waals surface area contributed by atoms with Gasteiger partial charge in [-0.3, -0.25) is 4.79 Å². The van der Waals surface area contributed by atoms with Gasteiger partial charge in [0.1, 0.15) is 0 Å². The zero-order valence-corrected chi connectivity index (χ0v) is 13.8. The highest BCUT2D eigenvalue weighted by molar-refractivity contribution is 5.70. The molecule has 0 fully saturated rings. The third-order valence-electron chi connectivity index (χ3n) is 3.71. The lowest BCUT2D eigenvalue weighted by Crippen LogP contribution is -2.41. The predicted molar refractivity (Wildman–Crippen MR) is 83.9 cm³/mol. The molecule has 0 saturated carbocycles. The third-order valence-corrected chi connectivity index (χ3v) is 3.71. The van der Waals surface area contributed by atoms with Crippen LogP contribution in [0.25, 0.3) is 0 Å². The average molecular weight is 307 g/mol. The molecule has 1 atom stereocenters. The van der Waals surface area contributed by atoms with Crippen molar-refractivity contribution in [2.45, 2.75) is 46.7 Å². The normalized spacial score (nSPS) is 14.7. The van der Waals surface area contributed by atoms with Crippen LogP contribution in [0.2, 0.25) is 0 Å². The van der Waals surface area contributed by atoms with E-state index in [0.717, 1.165) is 17.1 Å². The Balaban J connectivity index is 1.97. The fraction of sp³-hybridized carbons (Fsp3) is 0.588. The zero-order chi connectivity index (χ0) is 16.2. The predicted octanol–water partition coefficient (Wildman–Crippen LogP) is 2.87. The molecule has 2 rings (SSSR count). The van der Waals surface area contributed by atoms with Gasteiger partial charge in [0.25, 0.3) is 0 Å². The summed E-state index contributed by atoms with van der Waals surface area (Å²) in [5.74, 6) is 1.39. The van der Waals surface area contributed by atoms with Gasteiger partial charge in [0, 0.05) is 12.6 Å². The summed E-state index contributed by atoms with van der Waals surface area (Å²) in [6.45, 7) is 9.52. The van der Waals surface area contributed by atoms with E-state index in [2.05, 4.69) is 26.1 Å². The van der Waals surface area contributed by atoms with Crippen LogP contribution >= 0.6 is 0 Å². The average Bonchev–Trinajstić information content (AvgIpc) is 2.89. The maximum Gasteiger partial charge on any atom is 0.307 e. The quantitative estimate of drug-likeness (QED) is 0.819. The van der Waals surface area contributed by atoms with E-state index in [4.69, 9.17) is 14.2 Å². The van der Waals surface area contributed by atoms with Crippen molar-refractivity contribution in [1.29, 1.82) is 0 Å². The zero-order valence-electron chi connectivity index (χ0n) is 13.8. The summed E-state index contributed by atoms with van der Waals surface area (Å²) in [5, 5.41) is 3.46. The summed E-state index contributed by atoms with van der Waals surface area (Å²) in [4.78, 5) is 11.8. The standard InChI is InChI=1S/C17H25NO4/c1-5-20-16(19)9-15(17(2,3)4)18-10-12-6-7-13-14(8-12)22-11-21-13/h6-8,15,18H,5,9-11H2,1-4H3. The van der Waals surface area contributed by atoms with Crippen LogP contribution in [0.4, 0.5) is 0 Å². The molecule has 1 aliphatic rings. The number of fused-ring (bicyclic) bond motifs is 1. The van der Waals surface area contributed by atoms with Gasteiger partial charge in [-0.1, -0.05) is 26.8 Å². The van der Waals surface area contributed by atoms with Crippen LogP contribution in [0.3, 0.4) is 0 Å². The van der Waals surface area contributed by atoms with Crippen LogP contribution in [-0.4, -0.2) is 25.4 Å². The Hall–Kier alpha value is -1.75. The molecule has 0 saturated heterocycles. The molecular weight excluding hydrogens is 282 g/mol. The van der Waals surface area contributed by atoms with Crippen LogP contribution in [-0.2, 0) is 16.1 Å². The van der Waals surface area contributed by atoms with E-state index in [-0.39, 0.29) is 24.2 Å². The lowest BCUT2D eigenvalue weighted by atomic mass is 9.84. The van der Waals surface area contributed by atoms with Gasteiger partial charge in [-0.05, 0) is 30.0 Å². The molecule has 5 nitrogen and oxygen atoms in total. The van der Waals surface area contributed by atoms with E-state index in [0.29, 0.717) is 19.6 Å². The molecule has 0 aliphatic carbocycles. The molecule has 1 unspecified atom stereocenters. The fourth-order valence-corrected chi connectivity index (χ4v) is 2.36. The second-order valence-electron chi connectivity index (χ2n) is 6.50. The first-order chi connectivity index (χ1) is 10.4. The van der Waals surface area contributed by atoms with Crippen molar-refractivity contribution in [3.05, 3.63) is 23.8 Å². The molecule has 0 bridgehead atoms. The highest BCUT2D eigenvalue weighted by Gasteiger charge is 2.27. The van der Waals surface area contributed by atoms with Gasteiger partial charge in [-0.15, -0.1) is 0 Å². The summed E-state index contributed by atoms with van der Waals surface area (Å²) in [6, 6.07) is 5.93. The second-order valence-corrected chi connectivity index (χ2v) is 6.50. The van der Waals surface area contributed by atoms with E-state index < -0.39 is 0 Å². The Labute approximate surface area is 131 Å². The Morgan fingerprint density at radius 1 is 1.32 bits per heavy atom. The minimum Gasteiger partial charge on any atom is -0.466 e. The SMILES string of the molecule is CCOC(=O)CC(NCc1ccc2c(c1)OCO2)C(C)(C)C. The van der Waals surface area contributed by atoms with Crippen molar-refractivity contribution in [3.63, 3.8) is 0 Å². The number of carbonyl (C=O) groups is 1. The monoisotopic (exact) mass is 307 g/mol. The minimum absolute atomic E-state index is 0.0386. The van der Waals surface area contributed by atoms with Gasteiger partial charge in [-0.25, -0.2) is 0 Å². The minimum atomic E-state index is -0.166. The molecule has 1 aromatic carbocycles. The van der Waals surface area contributed by atoms with Gasteiger partial charge in [0.2, 0.25) is 6.79 Å². The Bertz CT molecular complexity index is 522. The second kappa shape index (κ2) is 7.01. The molecular formula is C17H25NO4. The van der Waals surface area contributed by atoms with Crippen molar-refractivity contribution >= 4 is 5.97 Å². The van der Waals surface area contributed by atoms with Crippen molar-refractivity contribution in [3.8, 4) is 11.5 Å². The van der Waals surface area contributed by atoms with E-state index in [1.165, 1.54) is 0 Å². The molecule has 5 heteroatoms. The van der Waals surface area contributed by atoms with Crippen LogP contribution < -0.4 is 14.8 Å². The Kier molecular flexibility index (Phi) is 5.29.